The highest BCUT2D eigenvalue weighted by atomic mass is 16.1. The number of hydrogen-bond donors (Lipinski definition) is 2. The van der Waals surface area contributed by atoms with Crippen molar-refractivity contribution >= 4 is 5.91 Å². The molecule has 0 radical (unpaired) electrons. The first-order valence-electron chi connectivity index (χ1n) is 6.27. The topological polar surface area (TPSA) is 44.4 Å². The fourth-order valence-corrected chi connectivity index (χ4v) is 2.07. The molecule has 1 aliphatic rings. The van der Waals surface area contributed by atoms with E-state index in [9.17, 15) is 4.79 Å². The van der Waals surface area contributed by atoms with E-state index in [4.69, 9.17) is 0 Å². The van der Waals surface area contributed by atoms with Crippen LogP contribution in [-0.2, 0) is 4.79 Å². The highest BCUT2D eigenvalue weighted by Gasteiger charge is 2.27. The number of amides is 1. The molecule has 0 aromatic rings. The molecular formula is C12H25N3O. The summed E-state index contributed by atoms with van der Waals surface area (Å²) in [6.07, 6.45) is 2.96. The number of hydrogen-bond acceptors (Lipinski definition) is 3. The second-order valence-corrected chi connectivity index (χ2v) is 4.86. The molecule has 0 atom stereocenters. The Morgan fingerprint density at radius 3 is 2.50 bits per heavy atom. The third-order valence-corrected chi connectivity index (χ3v) is 3.59. The van der Waals surface area contributed by atoms with E-state index in [2.05, 4.69) is 22.5 Å². The Hall–Kier alpha value is -0.610. The van der Waals surface area contributed by atoms with Crippen molar-refractivity contribution in [2.24, 2.45) is 0 Å². The molecule has 4 nitrogen and oxygen atoms in total. The SMILES string of the molecule is CCNC(=O)CCN1CCC(C)(NC)CC1. The van der Waals surface area contributed by atoms with Gasteiger partial charge in [-0.3, -0.25) is 4.79 Å². The van der Waals surface area contributed by atoms with E-state index >= 15 is 0 Å². The summed E-state index contributed by atoms with van der Waals surface area (Å²) in [6, 6.07) is 0. The predicted octanol–water partition coefficient (Wildman–Crippen LogP) is 0.587. The molecule has 0 bridgehead atoms. The van der Waals surface area contributed by atoms with Crippen molar-refractivity contribution in [1.29, 1.82) is 0 Å². The van der Waals surface area contributed by atoms with Crippen LogP contribution in [0.4, 0.5) is 0 Å². The van der Waals surface area contributed by atoms with Gasteiger partial charge in [-0.15, -0.1) is 0 Å². The molecule has 0 spiro atoms. The number of rotatable bonds is 5. The Morgan fingerprint density at radius 2 is 2.00 bits per heavy atom. The van der Waals surface area contributed by atoms with E-state index in [-0.39, 0.29) is 5.91 Å². The standard InChI is InChI=1S/C12H25N3O/c1-4-14-11(16)5-8-15-9-6-12(2,13-3)7-10-15/h13H,4-10H2,1-3H3,(H,14,16). The first-order chi connectivity index (χ1) is 7.59. The second kappa shape index (κ2) is 6.21. The average Bonchev–Trinajstić information content (AvgIpc) is 2.29. The molecule has 0 aliphatic carbocycles. The van der Waals surface area contributed by atoms with Crippen molar-refractivity contribution in [3.05, 3.63) is 0 Å². The number of carbonyl (C=O) groups is 1. The molecule has 1 heterocycles. The summed E-state index contributed by atoms with van der Waals surface area (Å²) in [5, 5.41) is 6.21. The lowest BCUT2D eigenvalue weighted by molar-refractivity contribution is -0.121. The summed E-state index contributed by atoms with van der Waals surface area (Å²) in [4.78, 5) is 13.7. The van der Waals surface area contributed by atoms with Crippen LogP contribution in [0, 0.1) is 0 Å². The number of carbonyl (C=O) groups excluding carboxylic acids is 1. The Morgan fingerprint density at radius 1 is 1.38 bits per heavy atom. The lowest BCUT2D eigenvalue weighted by atomic mass is 9.90. The fraction of sp³-hybridized carbons (Fsp3) is 0.917. The summed E-state index contributed by atoms with van der Waals surface area (Å²) in [5.41, 5.74) is 0.294. The minimum atomic E-state index is 0.171. The van der Waals surface area contributed by atoms with Gasteiger partial charge in [0.15, 0.2) is 0 Å². The van der Waals surface area contributed by atoms with Crippen molar-refractivity contribution in [3.8, 4) is 0 Å². The van der Waals surface area contributed by atoms with Crippen LogP contribution in [0.5, 0.6) is 0 Å². The highest BCUT2D eigenvalue weighted by Crippen LogP contribution is 2.20. The van der Waals surface area contributed by atoms with E-state index in [0.29, 0.717) is 12.0 Å². The zero-order valence-electron chi connectivity index (χ0n) is 10.8. The Bertz CT molecular complexity index is 222. The van der Waals surface area contributed by atoms with Crippen molar-refractivity contribution in [3.63, 3.8) is 0 Å². The minimum Gasteiger partial charge on any atom is -0.356 e. The molecule has 16 heavy (non-hydrogen) atoms. The molecule has 1 amide bonds. The Labute approximate surface area is 98.8 Å². The number of nitrogens with one attached hydrogen (secondary N) is 2. The van der Waals surface area contributed by atoms with Gasteiger partial charge in [-0.05, 0) is 46.8 Å². The minimum absolute atomic E-state index is 0.171. The predicted molar refractivity (Wildman–Crippen MR) is 66.4 cm³/mol. The maximum absolute atomic E-state index is 11.3. The zero-order valence-corrected chi connectivity index (χ0v) is 10.8. The zero-order chi connectivity index (χ0) is 12.0. The maximum Gasteiger partial charge on any atom is 0.221 e. The number of nitrogens with zero attached hydrogens (tertiary/aromatic N) is 1. The van der Waals surface area contributed by atoms with Crippen molar-refractivity contribution in [2.75, 3.05) is 33.2 Å². The van der Waals surface area contributed by atoms with Gasteiger partial charge in [-0.25, -0.2) is 0 Å². The van der Waals surface area contributed by atoms with Crippen molar-refractivity contribution < 1.29 is 4.79 Å². The molecule has 4 heteroatoms. The van der Waals surface area contributed by atoms with Gasteiger partial charge >= 0.3 is 0 Å². The van der Waals surface area contributed by atoms with Gasteiger partial charge < -0.3 is 15.5 Å². The molecular weight excluding hydrogens is 202 g/mol. The third-order valence-electron chi connectivity index (χ3n) is 3.59. The molecule has 1 fully saturated rings. The van der Waals surface area contributed by atoms with Gasteiger partial charge in [0.1, 0.15) is 0 Å². The van der Waals surface area contributed by atoms with E-state index < -0.39 is 0 Å². The lowest BCUT2D eigenvalue weighted by Crippen LogP contribution is -2.50. The first kappa shape index (κ1) is 13.5. The normalized spacial score (nSPS) is 20.7. The van der Waals surface area contributed by atoms with Gasteiger partial charge in [-0.2, -0.15) is 0 Å². The van der Waals surface area contributed by atoms with Crippen LogP contribution in [0.25, 0.3) is 0 Å². The van der Waals surface area contributed by atoms with Gasteiger partial charge in [0.25, 0.3) is 0 Å². The number of likely N-dealkylation sites (tertiary alicyclic amines) is 1. The second-order valence-electron chi connectivity index (χ2n) is 4.86. The van der Waals surface area contributed by atoms with Crippen LogP contribution < -0.4 is 10.6 Å². The molecule has 1 rings (SSSR count). The van der Waals surface area contributed by atoms with Crippen LogP contribution in [-0.4, -0.2) is 49.6 Å². The molecule has 0 unspecified atom stereocenters. The van der Waals surface area contributed by atoms with E-state index in [1.807, 2.05) is 14.0 Å². The maximum atomic E-state index is 11.3. The summed E-state index contributed by atoms with van der Waals surface area (Å²) in [7, 11) is 2.03. The quantitative estimate of drug-likeness (QED) is 0.722. The summed E-state index contributed by atoms with van der Waals surface area (Å²) in [5.74, 6) is 0.171. The molecule has 1 aliphatic heterocycles. The average molecular weight is 227 g/mol. The Balaban J connectivity index is 2.20. The third kappa shape index (κ3) is 4.10. The Kier molecular flexibility index (Phi) is 5.22. The molecule has 1 saturated heterocycles. The van der Waals surface area contributed by atoms with Gasteiger partial charge in [0.05, 0.1) is 0 Å². The first-order valence-corrected chi connectivity index (χ1v) is 6.27. The van der Waals surface area contributed by atoms with Crippen LogP contribution in [0.3, 0.4) is 0 Å². The van der Waals surface area contributed by atoms with E-state index in [1.165, 1.54) is 12.8 Å². The van der Waals surface area contributed by atoms with Gasteiger partial charge in [0.2, 0.25) is 5.91 Å². The molecule has 0 aromatic carbocycles. The smallest absolute Gasteiger partial charge is 0.221 e. The molecule has 94 valence electrons. The lowest BCUT2D eigenvalue weighted by Gasteiger charge is -2.39. The molecule has 0 aromatic heterocycles. The van der Waals surface area contributed by atoms with Crippen LogP contribution in [0.2, 0.25) is 0 Å². The molecule has 0 saturated carbocycles. The highest BCUT2D eigenvalue weighted by molar-refractivity contribution is 5.75. The largest absolute Gasteiger partial charge is 0.356 e. The summed E-state index contributed by atoms with van der Waals surface area (Å²) in [6.45, 7) is 8.04. The summed E-state index contributed by atoms with van der Waals surface area (Å²) >= 11 is 0. The van der Waals surface area contributed by atoms with Gasteiger partial charge in [0, 0.05) is 25.0 Å². The monoisotopic (exact) mass is 227 g/mol. The number of piperidine rings is 1. The van der Waals surface area contributed by atoms with Crippen LogP contribution >= 0.6 is 0 Å². The van der Waals surface area contributed by atoms with Crippen LogP contribution in [0.1, 0.15) is 33.1 Å². The summed E-state index contributed by atoms with van der Waals surface area (Å²) < 4.78 is 0. The van der Waals surface area contributed by atoms with Crippen LogP contribution in [0.15, 0.2) is 0 Å². The van der Waals surface area contributed by atoms with Crippen molar-refractivity contribution in [2.45, 2.75) is 38.6 Å². The van der Waals surface area contributed by atoms with E-state index in [1.54, 1.807) is 0 Å². The fourth-order valence-electron chi connectivity index (χ4n) is 2.07. The van der Waals surface area contributed by atoms with Crippen molar-refractivity contribution in [1.82, 2.24) is 15.5 Å². The van der Waals surface area contributed by atoms with Gasteiger partial charge in [-0.1, -0.05) is 0 Å². The molecule has 2 N–H and O–H groups in total. The van der Waals surface area contributed by atoms with E-state index in [0.717, 1.165) is 26.2 Å².